The molecule has 70 valence electrons. The Hall–Kier alpha value is -0.670. The van der Waals surface area contributed by atoms with Crippen LogP contribution in [0.5, 0.6) is 0 Å². The molecule has 0 fully saturated rings. The van der Waals surface area contributed by atoms with E-state index in [1.807, 2.05) is 19.1 Å². The van der Waals surface area contributed by atoms with Gasteiger partial charge in [0.2, 0.25) is 0 Å². The van der Waals surface area contributed by atoms with Crippen LogP contribution in [0.2, 0.25) is 0 Å². The SMILES string of the molecule is CC/C=C\C[C@H](C=O)OCOC. The highest BCUT2D eigenvalue weighted by atomic mass is 16.7. The summed E-state index contributed by atoms with van der Waals surface area (Å²) in [5, 5.41) is 0. The maximum absolute atomic E-state index is 10.4. The molecule has 0 N–H and O–H groups in total. The fraction of sp³-hybridized carbons (Fsp3) is 0.667. The Morgan fingerprint density at radius 3 is 2.67 bits per heavy atom. The molecular weight excluding hydrogens is 156 g/mol. The van der Waals surface area contributed by atoms with Crippen LogP contribution in [-0.2, 0) is 14.3 Å². The van der Waals surface area contributed by atoms with Crippen molar-refractivity contribution in [2.75, 3.05) is 13.9 Å². The van der Waals surface area contributed by atoms with Gasteiger partial charge in [-0.3, -0.25) is 0 Å². The zero-order valence-electron chi connectivity index (χ0n) is 7.66. The van der Waals surface area contributed by atoms with Gasteiger partial charge in [0.1, 0.15) is 19.2 Å². The summed E-state index contributed by atoms with van der Waals surface area (Å²) in [6, 6.07) is 0. The monoisotopic (exact) mass is 172 g/mol. The molecule has 0 aromatic rings. The summed E-state index contributed by atoms with van der Waals surface area (Å²) in [7, 11) is 1.53. The van der Waals surface area contributed by atoms with Crippen molar-refractivity contribution >= 4 is 6.29 Å². The van der Waals surface area contributed by atoms with Gasteiger partial charge in [-0.05, 0) is 12.8 Å². The summed E-state index contributed by atoms with van der Waals surface area (Å²) in [4.78, 5) is 10.4. The Bertz CT molecular complexity index is 132. The van der Waals surface area contributed by atoms with Crippen LogP contribution in [0, 0.1) is 0 Å². The first-order valence-corrected chi connectivity index (χ1v) is 4.06. The van der Waals surface area contributed by atoms with E-state index in [4.69, 9.17) is 4.74 Å². The minimum absolute atomic E-state index is 0.170. The van der Waals surface area contributed by atoms with Crippen LogP contribution in [0.25, 0.3) is 0 Å². The molecule has 0 rings (SSSR count). The molecule has 0 aromatic heterocycles. The molecule has 0 heterocycles. The standard InChI is InChI=1S/C9H16O3/c1-3-4-5-6-9(7-10)12-8-11-2/h4-5,7,9H,3,6,8H2,1-2H3/b5-4-/t9-/m1/s1. The zero-order chi connectivity index (χ0) is 9.23. The van der Waals surface area contributed by atoms with Crippen molar-refractivity contribution in [2.24, 2.45) is 0 Å². The second kappa shape index (κ2) is 8.43. The number of rotatable bonds is 7. The van der Waals surface area contributed by atoms with E-state index in [2.05, 4.69) is 4.74 Å². The minimum Gasteiger partial charge on any atom is -0.359 e. The van der Waals surface area contributed by atoms with Crippen LogP contribution in [0.3, 0.4) is 0 Å². The van der Waals surface area contributed by atoms with E-state index in [0.717, 1.165) is 12.7 Å². The highest BCUT2D eigenvalue weighted by molar-refractivity contribution is 5.56. The Labute approximate surface area is 73.4 Å². The van der Waals surface area contributed by atoms with E-state index in [0.29, 0.717) is 6.42 Å². The fourth-order valence-electron chi connectivity index (χ4n) is 0.715. The van der Waals surface area contributed by atoms with E-state index in [-0.39, 0.29) is 12.9 Å². The lowest BCUT2D eigenvalue weighted by atomic mass is 10.2. The molecule has 0 aliphatic carbocycles. The predicted octanol–water partition coefficient (Wildman–Crippen LogP) is 1.53. The summed E-state index contributed by atoms with van der Waals surface area (Å²) in [6.45, 7) is 2.21. The van der Waals surface area contributed by atoms with Crippen molar-refractivity contribution in [3.05, 3.63) is 12.2 Å². The summed E-state index contributed by atoms with van der Waals surface area (Å²) < 4.78 is 9.72. The third-order valence-corrected chi connectivity index (χ3v) is 1.32. The number of carbonyl (C=O) groups excluding carboxylic acids is 1. The van der Waals surface area contributed by atoms with E-state index in [9.17, 15) is 4.79 Å². The lowest BCUT2D eigenvalue weighted by molar-refractivity contribution is -0.127. The summed E-state index contributed by atoms with van der Waals surface area (Å²) in [5.41, 5.74) is 0. The van der Waals surface area contributed by atoms with E-state index in [1.165, 1.54) is 7.11 Å². The molecule has 0 spiro atoms. The van der Waals surface area contributed by atoms with E-state index < -0.39 is 0 Å². The molecule has 0 aliphatic rings. The zero-order valence-corrected chi connectivity index (χ0v) is 7.66. The van der Waals surface area contributed by atoms with Crippen LogP contribution in [0.1, 0.15) is 19.8 Å². The fourth-order valence-corrected chi connectivity index (χ4v) is 0.715. The van der Waals surface area contributed by atoms with Crippen LogP contribution in [0.4, 0.5) is 0 Å². The first-order chi connectivity index (χ1) is 5.85. The number of ether oxygens (including phenoxy) is 2. The number of aldehydes is 1. The molecule has 12 heavy (non-hydrogen) atoms. The first-order valence-electron chi connectivity index (χ1n) is 4.06. The maximum Gasteiger partial charge on any atom is 0.149 e. The van der Waals surface area contributed by atoms with Gasteiger partial charge in [0.25, 0.3) is 0 Å². The number of allylic oxidation sites excluding steroid dienone is 1. The van der Waals surface area contributed by atoms with Gasteiger partial charge in [-0.15, -0.1) is 0 Å². The summed E-state index contributed by atoms with van der Waals surface area (Å²) in [5.74, 6) is 0. The molecule has 0 saturated carbocycles. The van der Waals surface area contributed by atoms with Crippen LogP contribution < -0.4 is 0 Å². The molecule has 0 radical (unpaired) electrons. The largest absolute Gasteiger partial charge is 0.359 e. The van der Waals surface area contributed by atoms with Crippen molar-refractivity contribution in [3.63, 3.8) is 0 Å². The summed E-state index contributed by atoms with van der Waals surface area (Å²) >= 11 is 0. The molecular formula is C9H16O3. The maximum atomic E-state index is 10.4. The highest BCUT2D eigenvalue weighted by Gasteiger charge is 2.03. The molecule has 3 nitrogen and oxygen atoms in total. The molecule has 0 bridgehead atoms. The summed E-state index contributed by atoms with van der Waals surface area (Å²) in [6.07, 6.45) is 5.98. The smallest absolute Gasteiger partial charge is 0.149 e. The molecule has 0 amide bonds. The second-order valence-electron chi connectivity index (χ2n) is 2.36. The average molecular weight is 172 g/mol. The third-order valence-electron chi connectivity index (χ3n) is 1.32. The van der Waals surface area contributed by atoms with Gasteiger partial charge < -0.3 is 14.3 Å². The molecule has 1 atom stereocenters. The van der Waals surface area contributed by atoms with Crippen molar-refractivity contribution in [3.8, 4) is 0 Å². The van der Waals surface area contributed by atoms with Gasteiger partial charge in [0, 0.05) is 7.11 Å². The van der Waals surface area contributed by atoms with Crippen LogP contribution in [0.15, 0.2) is 12.2 Å². The first kappa shape index (κ1) is 11.3. The van der Waals surface area contributed by atoms with Crippen molar-refractivity contribution < 1.29 is 14.3 Å². The molecule has 0 saturated heterocycles. The Kier molecular flexibility index (Phi) is 7.96. The predicted molar refractivity (Wildman–Crippen MR) is 46.9 cm³/mol. The van der Waals surface area contributed by atoms with Crippen molar-refractivity contribution in [1.29, 1.82) is 0 Å². The van der Waals surface area contributed by atoms with Gasteiger partial charge in [-0.25, -0.2) is 0 Å². The van der Waals surface area contributed by atoms with Gasteiger partial charge in [0.15, 0.2) is 0 Å². The van der Waals surface area contributed by atoms with Gasteiger partial charge in [-0.1, -0.05) is 19.1 Å². The van der Waals surface area contributed by atoms with Crippen LogP contribution in [-0.4, -0.2) is 26.3 Å². The minimum atomic E-state index is -0.368. The second-order valence-corrected chi connectivity index (χ2v) is 2.36. The normalized spacial score (nSPS) is 13.5. The van der Waals surface area contributed by atoms with Gasteiger partial charge in [-0.2, -0.15) is 0 Å². The molecule has 0 aromatic carbocycles. The molecule has 0 unspecified atom stereocenters. The molecule has 3 heteroatoms. The number of hydrogen-bond donors (Lipinski definition) is 0. The lowest BCUT2D eigenvalue weighted by Gasteiger charge is -2.07. The van der Waals surface area contributed by atoms with Gasteiger partial charge >= 0.3 is 0 Å². The Morgan fingerprint density at radius 2 is 2.17 bits per heavy atom. The average Bonchev–Trinajstić information content (AvgIpc) is 2.11. The lowest BCUT2D eigenvalue weighted by Crippen LogP contribution is -2.14. The van der Waals surface area contributed by atoms with Gasteiger partial charge in [0.05, 0.1) is 0 Å². The Morgan fingerprint density at radius 1 is 1.42 bits per heavy atom. The highest BCUT2D eigenvalue weighted by Crippen LogP contribution is 1.97. The Balaban J connectivity index is 3.52. The quantitative estimate of drug-likeness (QED) is 0.332. The molecule has 0 aliphatic heterocycles. The topological polar surface area (TPSA) is 35.5 Å². The number of hydrogen-bond acceptors (Lipinski definition) is 3. The van der Waals surface area contributed by atoms with E-state index >= 15 is 0 Å². The van der Waals surface area contributed by atoms with Crippen LogP contribution >= 0.6 is 0 Å². The number of methoxy groups -OCH3 is 1. The van der Waals surface area contributed by atoms with E-state index in [1.54, 1.807) is 0 Å². The number of carbonyl (C=O) groups is 1. The van der Waals surface area contributed by atoms with Crippen molar-refractivity contribution in [1.82, 2.24) is 0 Å². The van der Waals surface area contributed by atoms with Crippen molar-refractivity contribution in [2.45, 2.75) is 25.9 Å². The third kappa shape index (κ3) is 6.07.